The van der Waals surface area contributed by atoms with Gasteiger partial charge in [-0.1, -0.05) is 30.3 Å². The van der Waals surface area contributed by atoms with Crippen molar-refractivity contribution >= 4 is 137 Å². The predicted octanol–water partition coefficient (Wildman–Crippen LogP) is -10.7. The zero-order valence-electron chi connectivity index (χ0n) is 69.4. The quantitative estimate of drug-likeness (QED) is 0.0125. The van der Waals surface area contributed by atoms with E-state index in [0.717, 1.165) is 0 Å². The summed E-state index contributed by atoms with van der Waals surface area (Å²) in [6, 6.07) is -9.18. The summed E-state index contributed by atoms with van der Waals surface area (Å²) in [5.74, 6) is -16.3. The lowest BCUT2D eigenvalue weighted by molar-refractivity contribution is -0.142. The standard InChI is InChI=1S/C71H131N37O14S/c1-38(97-53(111)41(18-6-7-27-72)106-62(120)51(37-123)108-61(119)50(98-39(2)109)36-40-16-4-3-5-17-40)52(110)99-42(19-8-28-89-64(73)74)54(112)100-43(20-9-29-90-65(75)76)55(113)101-44(21-10-30-91-66(77)78)56(114)102-45(22-11-31-92-67(79)80)57(115)103-46(23-12-32-93-68(81)82)58(116)104-47(24-13-33-94-69(83)84)59(117)105-48(25-14-34-95-70(85)86)60(118)107-49(63(121)122)26-15-35-96-71(87)88/h3-5,16-17,38,41-51,123H,6-15,18-37,72H2,1-2H3,(H,97,111)(H,98,109)(H,99,110)(H,100,112)(H,101,113)(H,102,114)(H,103,115)(H,104,116)(H,105,117)(H,106,120)(H,107,118)(H,108,119)(H,121,122)(H4,73,74,89)(H4,75,76,90)(H4,77,78,91)(H4,79,80,92)(H4,81,82,93)(H4,83,84,94)(H4,85,86,95)(H4,87,88,96)/t38-,41-,42+,43+,44+,45+,46+,47+,48+,49+,50+,51+/m0/s1. The smallest absolute Gasteiger partial charge is 0.326 e. The summed E-state index contributed by atoms with van der Waals surface area (Å²) in [6.07, 6.45) is -1.02. The molecule has 0 unspecified atom stereocenters. The molecule has 12 amide bonds. The molecule has 0 aromatic heterocycles. The van der Waals surface area contributed by atoms with Gasteiger partial charge in [-0.25, -0.2) is 4.79 Å². The van der Waals surface area contributed by atoms with Crippen LogP contribution in [0.4, 0.5) is 0 Å². The predicted molar refractivity (Wildman–Crippen MR) is 462 cm³/mol. The zero-order valence-corrected chi connectivity index (χ0v) is 70.3. The molecule has 0 saturated carbocycles. The zero-order chi connectivity index (χ0) is 92.5. The Morgan fingerprint density at radius 3 is 0.748 bits per heavy atom. The number of amides is 12. The Labute approximate surface area is 718 Å². The number of aliphatic carboxylic acids is 1. The SMILES string of the molecule is CC(=O)N[C@H](Cc1ccccc1)C(=O)N[C@H](CS)C(=O)N[C@@H](CCCCN)C(=O)N[C@@H](C)C(=O)N[C@H](CCCNC(=N)N)C(=O)N[C@H](CCCNC(=N)N)C(=O)N[C@H](CCCNC(=N)N)C(=O)N[C@H](CCCNC(=N)N)C(=O)N[C@H](CCCNC(=N)N)C(=O)N[C@H](CCCNC(=N)N)C(=O)N[C@H](CCCNC(=N)N)C(=O)N[C@H](CCCNC(=N)N)C(=O)O. The molecule has 0 aliphatic heterocycles. The number of carboxylic acid groups (broad SMARTS) is 1. The highest BCUT2D eigenvalue weighted by Gasteiger charge is 2.37. The molecule has 47 N–H and O–H groups in total. The maximum absolute atomic E-state index is 15.0. The van der Waals surface area contributed by atoms with Crippen LogP contribution in [0.5, 0.6) is 0 Å². The third kappa shape index (κ3) is 49.8. The first kappa shape index (κ1) is 108. The van der Waals surface area contributed by atoms with E-state index in [1.165, 1.54) is 13.8 Å². The number of guanidine groups is 8. The number of hydrogen-bond donors (Lipinski definition) is 39. The molecule has 0 fully saturated rings. The average Bonchev–Trinajstić information content (AvgIpc) is 0.862. The van der Waals surface area contributed by atoms with Crippen LogP contribution in [0.2, 0.25) is 0 Å². The number of rotatable bonds is 63. The van der Waals surface area contributed by atoms with Crippen molar-refractivity contribution in [3.8, 4) is 0 Å². The third-order valence-electron chi connectivity index (χ3n) is 18.0. The molecular formula is C71H131N37O14S. The molecule has 0 bridgehead atoms. The third-order valence-corrected chi connectivity index (χ3v) is 18.4. The van der Waals surface area contributed by atoms with E-state index in [1.807, 2.05) is 0 Å². The monoisotopic (exact) mass is 1760 g/mol. The first-order valence-corrected chi connectivity index (χ1v) is 40.6. The molecule has 1 aromatic rings. The van der Waals surface area contributed by atoms with Crippen LogP contribution in [0.25, 0.3) is 0 Å². The molecular weight excluding hydrogens is 1630 g/mol. The number of thiol groups is 1. The van der Waals surface area contributed by atoms with Crippen molar-refractivity contribution in [2.24, 2.45) is 51.6 Å². The Morgan fingerprint density at radius 1 is 0.301 bits per heavy atom. The van der Waals surface area contributed by atoms with Crippen LogP contribution < -0.4 is 158 Å². The van der Waals surface area contributed by atoms with E-state index in [9.17, 15) is 62.6 Å². The summed E-state index contributed by atoms with van der Waals surface area (Å²) >= 11 is 4.29. The van der Waals surface area contributed by atoms with Gasteiger partial charge in [-0.3, -0.25) is 101 Å². The van der Waals surface area contributed by atoms with Crippen molar-refractivity contribution in [2.45, 2.75) is 215 Å². The molecule has 0 spiro atoms. The Bertz CT molecular complexity index is 3680. The highest BCUT2D eigenvalue weighted by Crippen LogP contribution is 2.13. The number of hydrogen-bond acceptors (Lipinski definition) is 23. The second-order valence-electron chi connectivity index (χ2n) is 28.5. The number of carbonyl (C=O) groups excluding carboxylic acids is 12. The lowest BCUT2D eigenvalue weighted by Gasteiger charge is -2.28. The van der Waals surface area contributed by atoms with E-state index in [0.29, 0.717) is 18.4 Å². The number of benzene rings is 1. The lowest BCUT2D eigenvalue weighted by atomic mass is 10.0. The fourth-order valence-electron chi connectivity index (χ4n) is 11.8. The fraction of sp³-hybridized carbons (Fsp3) is 0.620. The molecule has 123 heavy (non-hydrogen) atoms. The maximum atomic E-state index is 15.0. The normalized spacial score (nSPS) is 13.6. The lowest BCUT2D eigenvalue weighted by Crippen LogP contribution is -2.61. The topological polar surface area (TPSA) is 908 Å². The van der Waals surface area contributed by atoms with E-state index in [4.69, 9.17) is 94.9 Å². The highest BCUT2D eigenvalue weighted by molar-refractivity contribution is 7.80. The average molecular weight is 1760 g/mol. The van der Waals surface area contributed by atoms with Crippen LogP contribution in [-0.4, -0.2) is 267 Å². The summed E-state index contributed by atoms with van der Waals surface area (Å²) in [5, 5.41) is 123. The molecule has 12 atom stereocenters. The number of carboxylic acids is 1. The Kier molecular flexibility index (Phi) is 53.6. The van der Waals surface area contributed by atoms with E-state index < -0.39 is 191 Å². The van der Waals surface area contributed by atoms with Gasteiger partial charge in [0.25, 0.3) is 0 Å². The van der Waals surface area contributed by atoms with Gasteiger partial charge in [-0.2, -0.15) is 12.6 Å². The van der Waals surface area contributed by atoms with Gasteiger partial charge < -0.3 is 163 Å². The summed E-state index contributed by atoms with van der Waals surface area (Å²) in [4.78, 5) is 184. The minimum absolute atomic E-state index is 0.00784. The van der Waals surface area contributed by atoms with Crippen LogP contribution in [0.1, 0.15) is 141 Å². The Morgan fingerprint density at radius 2 is 0.512 bits per heavy atom. The summed E-state index contributed by atoms with van der Waals surface area (Å²) in [6.45, 7) is 2.51. The number of carbonyl (C=O) groups is 13. The molecule has 0 aliphatic carbocycles. The van der Waals surface area contributed by atoms with E-state index in [1.54, 1.807) is 30.3 Å². The Hall–Kier alpha value is -13.2. The molecule has 0 heterocycles. The molecule has 1 aromatic carbocycles. The second kappa shape index (κ2) is 61.1. The van der Waals surface area contributed by atoms with E-state index in [-0.39, 0.29) is 186 Å². The van der Waals surface area contributed by atoms with Crippen LogP contribution in [0.15, 0.2) is 30.3 Å². The van der Waals surface area contributed by atoms with Gasteiger partial charge >= 0.3 is 5.97 Å². The number of nitrogens with one attached hydrogen (secondary N) is 28. The molecule has 0 saturated heterocycles. The first-order chi connectivity index (χ1) is 58.2. The summed E-state index contributed by atoms with van der Waals surface area (Å²) in [7, 11) is 0. The van der Waals surface area contributed by atoms with Crippen LogP contribution >= 0.6 is 12.6 Å². The van der Waals surface area contributed by atoms with Crippen LogP contribution in [-0.2, 0) is 68.7 Å². The molecule has 690 valence electrons. The number of unbranched alkanes of at least 4 members (excludes halogenated alkanes) is 1. The van der Waals surface area contributed by atoms with Gasteiger partial charge in [-0.05, 0) is 141 Å². The molecule has 0 aliphatic rings. The van der Waals surface area contributed by atoms with Gasteiger partial charge in [0.2, 0.25) is 70.9 Å². The first-order valence-electron chi connectivity index (χ1n) is 40.0. The number of nitrogens with two attached hydrogens (primary N) is 9. The van der Waals surface area contributed by atoms with Gasteiger partial charge in [0.1, 0.15) is 72.5 Å². The van der Waals surface area contributed by atoms with E-state index >= 15 is 4.79 Å². The van der Waals surface area contributed by atoms with Crippen molar-refractivity contribution in [1.82, 2.24) is 106 Å². The van der Waals surface area contributed by atoms with Crippen molar-refractivity contribution < 1.29 is 67.4 Å². The summed E-state index contributed by atoms with van der Waals surface area (Å²) < 4.78 is 0. The van der Waals surface area contributed by atoms with Crippen LogP contribution in [0, 0.1) is 43.3 Å². The van der Waals surface area contributed by atoms with Crippen molar-refractivity contribution in [1.29, 1.82) is 43.3 Å². The van der Waals surface area contributed by atoms with Crippen LogP contribution in [0.3, 0.4) is 0 Å². The van der Waals surface area contributed by atoms with Crippen molar-refractivity contribution in [3.05, 3.63) is 35.9 Å². The molecule has 0 radical (unpaired) electrons. The van der Waals surface area contributed by atoms with E-state index in [2.05, 4.69) is 119 Å². The second-order valence-corrected chi connectivity index (χ2v) is 28.8. The maximum Gasteiger partial charge on any atom is 0.326 e. The highest BCUT2D eigenvalue weighted by atomic mass is 32.1. The molecule has 51 nitrogen and oxygen atoms in total. The van der Waals surface area contributed by atoms with Crippen molar-refractivity contribution in [2.75, 3.05) is 64.7 Å². The summed E-state index contributed by atoms with van der Waals surface area (Å²) in [5.41, 5.74) is 50.7. The molecule has 52 heteroatoms. The minimum Gasteiger partial charge on any atom is -0.480 e. The Balaban J connectivity index is 4.00. The van der Waals surface area contributed by atoms with Gasteiger partial charge in [0.15, 0.2) is 47.7 Å². The van der Waals surface area contributed by atoms with Gasteiger partial charge in [0, 0.05) is 71.5 Å². The van der Waals surface area contributed by atoms with Crippen molar-refractivity contribution in [3.63, 3.8) is 0 Å². The molecule has 1 rings (SSSR count). The fourth-order valence-corrected chi connectivity index (χ4v) is 12.0. The van der Waals surface area contributed by atoms with Gasteiger partial charge in [0.05, 0.1) is 0 Å². The minimum atomic E-state index is -1.64. The largest absolute Gasteiger partial charge is 0.480 e. The van der Waals surface area contributed by atoms with Gasteiger partial charge in [-0.15, -0.1) is 0 Å².